The van der Waals surface area contributed by atoms with Gasteiger partial charge in [0.05, 0.1) is 19.3 Å². The molecule has 0 aliphatic carbocycles. The zero-order valence-corrected chi connectivity index (χ0v) is 21.6. The number of anilines is 3. The topological polar surface area (TPSA) is 106 Å². The smallest absolute Gasteiger partial charge is 0.404 e. The van der Waals surface area contributed by atoms with Crippen LogP contribution in [0.15, 0.2) is 60.8 Å². The molecule has 2 heterocycles. The molecule has 1 aliphatic rings. The quantitative estimate of drug-likeness (QED) is 0.368. The summed E-state index contributed by atoms with van der Waals surface area (Å²) < 4.78 is 11.3. The van der Waals surface area contributed by atoms with E-state index in [9.17, 15) is 4.79 Å². The van der Waals surface area contributed by atoms with E-state index in [0.717, 1.165) is 60.8 Å². The van der Waals surface area contributed by atoms with Crippen LogP contribution in [-0.2, 0) is 22.6 Å². The first-order valence-corrected chi connectivity index (χ1v) is 12.8. The molecule has 0 saturated heterocycles. The van der Waals surface area contributed by atoms with Gasteiger partial charge in [0.1, 0.15) is 5.82 Å². The predicted molar refractivity (Wildman–Crippen MR) is 146 cm³/mol. The van der Waals surface area contributed by atoms with Gasteiger partial charge >= 0.3 is 6.09 Å². The summed E-state index contributed by atoms with van der Waals surface area (Å²) in [6, 6.07) is 18.6. The second-order valence-electron chi connectivity index (χ2n) is 9.11. The lowest BCUT2D eigenvalue weighted by Crippen LogP contribution is -2.29. The molecule has 4 rings (SSSR count). The average Bonchev–Trinajstić information content (AvgIpc) is 3.07. The number of nitrogens with one attached hydrogen (secondary N) is 1. The van der Waals surface area contributed by atoms with Crippen molar-refractivity contribution < 1.29 is 14.3 Å². The van der Waals surface area contributed by atoms with Gasteiger partial charge in [0, 0.05) is 50.7 Å². The van der Waals surface area contributed by atoms with E-state index in [1.165, 1.54) is 0 Å². The molecular formula is C28H36N6O3. The minimum atomic E-state index is -0.749. The lowest BCUT2D eigenvalue weighted by atomic mass is 10.0. The maximum absolute atomic E-state index is 10.9. The molecule has 3 N–H and O–H groups in total. The molecule has 0 spiro atoms. The average molecular weight is 505 g/mol. The van der Waals surface area contributed by atoms with Crippen LogP contribution in [0.5, 0.6) is 0 Å². The first kappa shape index (κ1) is 26.2. The fourth-order valence-electron chi connectivity index (χ4n) is 4.46. The second kappa shape index (κ2) is 12.9. The highest BCUT2D eigenvalue weighted by molar-refractivity contribution is 5.64. The Kier molecular flexibility index (Phi) is 9.15. The summed E-state index contributed by atoms with van der Waals surface area (Å²) in [6.07, 6.45) is 2.46. The molecule has 0 radical (unpaired) electrons. The minimum absolute atomic E-state index is 0.108. The normalized spacial score (nSPS) is 14.0. The summed E-state index contributed by atoms with van der Waals surface area (Å²) in [5, 5.41) is 3.20. The van der Waals surface area contributed by atoms with Crippen molar-refractivity contribution >= 4 is 23.5 Å². The van der Waals surface area contributed by atoms with E-state index >= 15 is 0 Å². The number of ether oxygens (including phenoxy) is 2. The number of likely N-dealkylation sites (N-methyl/N-ethyl adjacent to an activating group) is 1. The number of aromatic nitrogens is 2. The number of primary amides is 1. The first-order valence-electron chi connectivity index (χ1n) is 12.8. The van der Waals surface area contributed by atoms with E-state index in [2.05, 4.69) is 63.5 Å². The Balaban J connectivity index is 1.44. The molecule has 0 saturated carbocycles. The third-order valence-corrected chi connectivity index (χ3v) is 6.36. The highest BCUT2D eigenvalue weighted by Crippen LogP contribution is 2.28. The van der Waals surface area contributed by atoms with Crippen molar-refractivity contribution in [3.63, 3.8) is 0 Å². The Bertz CT molecular complexity index is 1160. The predicted octanol–water partition coefficient (Wildman–Crippen LogP) is 4.50. The number of fused-ring (bicyclic) bond motifs is 1. The van der Waals surface area contributed by atoms with E-state index in [4.69, 9.17) is 20.2 Å². The molecule has 9 nitrogen and oxygen atoms in total. The monoisotopic (exact) mass is 504 g/mol. The lowest BCUT2D eigenvalue weighted by molar-refractivity contribution is 0.0287. The van der Waals surface area contributed by atoms with Crippen LogP contribution in [0.25, 0.3) is 0 Å². The van der Waals surface area contributed by atoms with Crippen molar-refractivity contribution in [2.24, 2.45) is 5.73 Å². The van der Waals surface area contributed by atoms with Gasteiger partial charge in [-0.2, -0.15) is 4.98 Å². The van der Waals surface area contributed by atoms with Crippen LogP contribution in [0.2, 0.25) is 0 Å². The molecule has 1 unspecified atom stereocenters. The summed E-state index contributed by atoms with van der Waals surface area (Å²) in [6.45, 7) is 6.06. The van der Waals surface area contributed by atoms with Gasteiger partial charge in [-0.15, -0.1) is 0 Å². The Morgan fingerprint density at radius 2 is 2.00 bits per heavy atom. The van der Waals surface area contributed by atoms with Crippen LogP contribution in [0.1, 0.15) is 42.6 Å². The molecule has 37 heavy (non-hydrogen) atoms. The number of hydrogen-bond donors (Lipinski definition) is 2. The van der Waals surface area contributed by atoms with Gasteiger partial charge in [-0.3, -0.25) is 0 Å². The van der Waals surface area contributed by atoms with E-state index < -0.39 is 6.09 Å². The Hall–Kier alpha value is -3.85. The summed E-state index contributed by atoms with van der Waals surface area (Å²) in [7, 11) is 2.08. The molecule has 1 amide bonds. The second-order valence-corrected chi connectivity index (χ2v) is 9.11. The van der Waals surface area contributed by atoms with Crippen LogP contribution >= 0.6 is 0 Å². The van der Waals surface area contributed by atoms with Crippen molar-refractivity contribution in [2.75, 3.05) is 48.4 Å². The number of amides is 1. The van der Waals surface area contributed by atoms with Gasteiger partial charge in [-0.05, 0) is 43.0 Å². The van der Waals surface area contributed by atoms with Gasteiger partial charge < -0.3 is 30.3 Å². The van der Waals surface area contributed by atoms with Crippen LogP contribution in [-0.4, -0.2) is 49.4 Å². The number of nitrogens with zero attached hydrogens (tertiary/aromatic N) is 4. The maximum Gasteiger partial charge on any atom is 0.404 e. The number of benzene rings is 2. The Morgan fingerprint density at radius 1 is 1.16 bits per heavy atom. The first-order chi connectivity index (χ1) is 18.0. The van der Waals surface area contributed by atoms with Crippen LogP contribution < -0.4 is 20.9 Å². The van der Waals surface area contributed by atoms with Crippen molar-refractivity contribution in [1.82, 2.24) is 9.97 Å². The molecule has 1 atom stereocenters. The molecule has 2 aromatic carbocycles. The zero-order chi connectivity index (χ0) is 26.0. The molecule has 9 heteroatoms. The number of rotatable bonds is 11. The standard InChI is InChI=1S/C28H36N6O3/c1-3-30-28-31-18-23-19-34(15-14-33(2)26(23)32-28)24-12-7-9-21(17-24)20-37-25(13-8-16-36-27(29)35)22-10-5-4-6-11-22/h4-7,9-12,17-18,25H,3,8,13-16,19-20H2,1-2H3,(H2,29,35)(H,30,31,32). The molecule has 0 bridgehead atoms. The van der Waals surface area contributed by atoms with Gasteiger partial charge in [0.2, 0.25) is 5.95 Å². The SMILES string of the molecule is CCNc1ncc2c(n1)N(C)CCN(c1cccc(COC(CCCOC(N)=O)c3ccccc3)c1)C2. The molecular weight excluding hydrogens is 468 g/mol. The van der Waals surface area contributed by atoms with E-state index in [0.29, 0.717) is 19.0 Å². The highest BCUT2D eigenvalue weighted by atomic mass is 16.5. The van der Waals surface area contributed by atoms with E-state index in [1.54, 1.807) is 0 Å². The highest BCUT2D eigenvalue weighted by Gasteiger charge is 2.21. The number of carbonyl (C=O) groups is 1. The van der Waals surface area contributed by atoms with Crippen molar-refractivity contribution in [2.45, 2.75) is 39.0 Å². The van der Waals surface area contributed by atoms with Gasteiger partial charge in [-0.1, -0.05) is 42.5 Å². The molecule has 1 aromatic heterocycles. The van der Waals surface area contributed by atoms with Crippen molar-refractivity contribution in [1.29, 1.82) is 0 Å². The molecule has 0 fully saturated rings. The summed E-state index contributed by atoms with van der Waals surface area (Å²) in [4.78, 5) is 24.7. The van der Waals surface area contributed by atoms with Crippen molar-refractivity contribution in [3.8, 4) is 0 Å². The fraction of sp³-hybridized carbons (Fsp3) is 0.393. The number of hydrogen-bond acceptors (Lipinski definition) is 8. The van der Waals surface area contributed by atoms with Crippen LogP contribution in [0.4, 0.5) is 22.2 Å². The molecule has 1 aliphatic heterocycles. The lowest BCUT2D eigenvalue weighted by Gasteiger charge is -2.24. The third kappa shape index (κ3) is 7.33. The van der Waals surface area contributed by atoms with Crippen LogP contribution in [0, 0.1) is 0 Å². The molecule has 3 aromatic rings. The number of carbonyl (C=O) groups excluding carboxylic acids is 1. The Morgan fingerprint density at radius 3 is 2.78 bits per heavy atom. The summed E-state index contributed by atoms with van der Waals surface area (Å²) >= 11 is 0. The number of nitrogens with two attached hydrogens (primary N) is 1. The zero-order valence-electron chi connectivity index (χ0n) is 21.6. The third-order valence-electron chi connectivity index (χ3n) is 6.36. The Labute approximate surface area is 218 Å². The maximum atomic E-state index is 10.9. The largest absolute Gasteiger partial charge is 0.450 e. The fourth-order valence-corrected chi connectivity index (χ4v) is 4.46. The van der Waals surface area contributed by atoms with Gasteiger partial charge in [0.25, 0.3) is 0 Å². The van der Waals surface area contributed by atoms with Gasteiger partial charge in [0.15, 0.2) is 0 Å². The van der Waals surface area contributed by atoms with E-state index in [1.807, 2.05) is 31.3 Å². The molecule has 196 valence electrons. The summed E-state index contributed by atoms with van der Waals surface area (Å²) in [5.41, 5.74) is 9.53. The minimum Gasteiger partial charge on any atom is -0.450 e. The van der Waals surface area contributed by atoms with Crippen molar-refractivity contribution in [3.05, 3.63) is 77.5 Å². The van der Waals surface area contributed by atoms with Gasteiger partial charge in [-0.25, -0.2) is 9.78 Å². The summed E-state index contributed by atoms with van der Waals surface area (Å²) in [5.74, 6) is 1.63. The van der Waals surface area contributed by atoms with Crippen LogP contribution in [0.3, 0.4) is 0 Å². The van der Waals surface area contributed by atoms with E-state index in [-0.39, 0.29) is 12.7 Å².